The molecule has 34 heavy (non-hydrogen) atoms. The van der Waals surface area contributed by atoms with Gasteiger partial charge in [0.2, 0.25) is 0 Å². The zero-order valence-corrected chi connectivity index (χ0v) is 20.7. The van der Waals surface area contributed by atoms with E-state index >= 15 is 0 Å². The molecule has 0 bridgehead atoms. The maximum atomic E-state index is 12.5. The summed E-state index contributed by atoms with van der Waals surface area (Å²) in [6, 6.07) is 0. The molecule has 0 N–H and O–H groups in total. The Hall–Kier alpha value is -2.48. The fourth-order valence-corrected chi connectivity index (χ4v) is 4.85. The highest BCUT2D eigenvalue weighted by Gasteiger charge is 2.72. The van der Waals surface area contributed by atoms with Crippen LogP contribution in [0.4, 0.5) is 0 Å². The first-order valence-electron chi connectivity index (χ1n) is 11.7. The molecule has 0 aromatic heterocycles. The summed E-state index contributed by atoms with van der Waals surface area (Å²) in [6.45, 7) is 6.99. The van der Waals surface area contributed by atoms with E-state index in [-0.39, 0.29) is 35.4 Å². The molecule has 0 amide bonds. The average molecular weight is 473 g/mol. The number of rotatable bonds is 10. The molecule has 0 aromatic carbocycles. The smallest absolute Gasteiger partial charge is 0.331 e. The third-order valence-electron chi connectivity index (χ3n) is 6.73. The van der Waals surface area contributed by atoms with Gasteiger partial charge in [-0.2, -0.15) is 0 Å². The first-order valence-corrected chi connectivity index (χ1v) is 11.7. The predicted octanol–water partition coefficient (Wildman–Crippen LogP) is 4.00. The van der Waals surface area contributed by atoms with Gasteiger partial charge in [-0.25, -0.2) is 9.59 Å². The molecule has 0 aromatic rings. The zero-order chi connectivity index (χ0) is 24.8. The number of ether oxygens (including phenoxy) is 5. The molecule has 1 aliphatic carbocycles. The molecule has 0 unspecified atom stereocenters. The van der Waals surface area contributed by atoms with E-state index in [1.165, 1.54) is 24.8 Å². The summed E-state index contributed by atoms with van der Waals surface area (Å²) in [5.41, 5.74) is 0.662. The van der Waals surface area contributed by atoms with Crippen molar-refractivity contribution in [2.75, 3.05) is 20.8 Å². The van der Waals surface area contributed by atoms with Crippen LogP contribution in [0, 0.1) is 5.92 Å². The molecule has 2 heterocycles. The number of epoxide rings is 2. The molecule has 3 aliphatic rings. The number of esters is 2. The summed E-state index contributed by atoms with van der Waals surface area (Å²) in [7, 11) is 2.99. The SMILES string of the molecule is COC(=O)/C=C/C=C/C=C/C=C/C(=O)O[C@@H]1CC[C@@]2(CO2)[C@@H]([C@]2(C)O[C@@H]2CC=C(C)C)[C@@H]1OC. The number of methoxy groups -OCH3 is 2. The van der Waals surface area contributed by atoms with Crippen LogP contribution in [-0.2, 0) is 33.3 Å². The topological polar surface area (TPSA) is 86.9 Å². The fourth-order valence-electron chi connectivity index (χ4n) is 4.85. The summed E-state index contributed by atoms with van der Waals surface area (Å²) < 4.78 is 28.3. The van der Waals surface area contributed by atoms with Crippen LogP contribution in [0.2, 0.25) is 0 Å². The van der Waals surface area contributed by atoms with Crippen molar-refractivity contribution < 1.29 is 33.3 Å². The molecular formula is C27H36O7. The van der Waals surface area contributed by atoms with Gasteiger partial charge < -0.3 is 23.7 Å². The van der Waals surface area contributed by atoms with E-state index < -0.39 is 11.9 Å². The lowest BCUT2D eigenvalue weighted by Crippen LogP contribution is -2.55. The van der Waals surface area contributed by atoms with Crippen LogP contribution in [0.15, 0.2) is 60.3 Å². The second-order valence-electron chi connectivity index (χ2n) is 9.36. The molecule has 186 valence electrons. The monoisotopic (exact) mass is 472 g/mol. The van der Waals surface area contributed by atoms with Gasteiger partial charge in [-0.15, -0.1) is 0 Å². The van der Waals surface area contributed by atoms with Crippen LogP contribution in [-0.4, -0.2) is 62.3 Å². The third-order valence-corrected chi connectivity index (χ3v) is 6.73. The number of hydrogen-bond donors (Lipinski definition) is 0. The Balaban J connectivity index is 1.57. The summed E-state index contributed by atoms with van der Waals surface area (Å²) in [6.07, 6.45) is 16.8. The highest BCUT2D eigenvalue weighted by Crippen LogP contribution is 2.59. The van der Waals surface area contributed by atoms with Gasteiger partial charge in [0, 0.05) is 19.3 Å². The Kier molecular flexibility index (Phi) is 8.68. The quantitative estimate of drug-likeness (QED) is 0.156. The third kappa shape index (κ3) is 6.34. The van der Waals surface area contributed by atoms with Crippen molar-refractivity contribution >= 4 is 11.9 Å². The van der Waals surface area contributed by atoms with Gasteiger partial charge in [0.05, 0.1) is 25.7 Å². The van der Waals surface area contributed by atoms with Crippen molar-refractivity contribution in [3.63, 3.8) is 0 Å². The number of carbonyl (C=O) groups excluding carboxylic acids is 2. The molecule has 7 nitrogen and oxygen atoms in total. The summed E-state index contributed by atoms with van der Waals surface area (Å²) in [5.74, 6) is -0.833. The van der Waals surface area contributed by atoms with E-state index in [1.807, 2.05) is 0 Å². The molecular weight excluding hydrogens is 436 g/mol. The van der Waals surface area contributed by atoms with Crippen LogP contribution in [0.25, 0.3) is 0 Å². The van der Waals surface area contributed by atoms with E-state index in [0.717, 1.165) is 12.8 Å². The highest BCUT2D eigenvalue weighted by molar-refractivity contribution is 5.82. The maximum absolute atomic E-state index is 12.5. The van der Waals surface area contributed by atoms with Crippen molar-refractivity contribution in [2.45, 2.75) is 69.5 Å². The molecule has 7 heteroatoms. The molecule has 0 radical (unpaired) electrons. The summed E-state index contributed by atoms with van der Waals surface area (Å²) in [5, 5.41) is 0. The summed E-state index contributed by atoms with van der Waals surface area (Å²) >= 11 is 0. The van der Waals surface area contributed by atoms with Crippen molar-refractivity contribution in [1.82, 2.24) is 0 Å². The predicted molar refractivity (Wildman–Crippen MR) is 128 cm³/mol. The van der Waals surface area contributed by atoms with Crippen LogP contribution in [0.1, 0.15) is 40.0 Å². The zero-order valence-electron chi connectivity index (χ0n) is 20.7. The molecule has 1 spiro atoms. The van der Waals surface area contributed by atoms with E-state index in [0.29, 0.717) is 13.0 Å². The average Bonchev–Trinajstić information content (AvgIpc) is 3.72. The minimum absolute atomic E-state index is 0.000769. The first kappa shape index (κ1) is 26.1. The minimum Gasteiger partial charge on any atom is -0.466 e. The maximum Gasteiger partial charge on any atom is 0.331 e. The second kappa shape index (κ2) is 11.3. The molecule has 2 aliphatic heterocycles. The van der Waals surface area contributed by atoms with E-state index in [4.69, 9.17) is 18.9 Å². The largest absolute Gasteiger partial charge is 0.466 e. The van der Waals surface area contributed by atoms with E-state index in [2.05, 4.69) is 31.6 Å². The standard InChI is InChI=1S/C27H36O7/c1-19(2)14-15-21-26(3,34-21)25-24(31-5)20(16-17-27(25)18-32-27)33-23(29)13-11-9-7-6-8-10-12-22(28)30-4/h6-14,20-21,24-25H,15-18H2,1-5H3/b8-6+,9-7+,12-10+,13-11+/t20-,21-,24-,25-,26-,27-/m1/s1. The van der Waals surface area contributed by atoms with Gasteiger partial charge in [-0.05, 0) is 40.0 Å². The lowest BCUT2D eigenvalue weighted by molar-refractivity contribution is -0.166. The van der Waals surface area contributed by atoms with E-state index in [1.54, 1.807) is 43.6 Å². The highest BCUT2D eigenvalue weighted by atomic mass is 16.6. The van der Waals surface area contributed by atoms with Crippen molar-refractivity contribution in [3.8, 4) is 0 Å². The van der Waals surface area contributed by atoms with Crippen molar-refractivity contribution in [1.29, 1.82) is 0 Å². The normalized spacial score (nSPS) is 34.9. The van der Waals surface area contributed by atoms with Crippen LogP contribution >= 0.6 is 0 Å². The van der Waals surface area contributed by atoms with Crippen LogP contribution in [0.5, 0.6) is 0 Å². The Labute approximate surface area is 202 Å². The van der Waals surface area contributed by atoms with Gasteiger partial charge in [0.25, 0.3) is 0 Å². The Morgan fingerprint density at radius 1 is 1.00 bits per heavy atom. The summed E-state index contributed by atoms with van der Waals surface area (Å²) in [4.78, 5) is 23.4. The second-order valence-corrected chi connectivity index (χ2v) is 9.36. The molecule has 6 atom stereocenters. The number of allylic oxidation sites excluding steroid dienone is 7. The first-order chi connectivity index (χ1) is 16.3. The Bertz CT molecular complexity index is 889. The van der Waals surface area contributed by atoms with Gasteiger partial charge in [0.15, 0.2) is 0 Å². The van der Waals surface area contributed by atoms with Crippen LogP contribution in [0.3, 0.4) is 0 Å². The van der Waals surface area contributed by atoms with Gasteiger partial charge in [-0.3, -0.25) is 0 Å². The Morgan fingerprint density at radius 3 is 2.18 bits per heavy atom. The molecule has 3 rings (SSSR count). The molecule has 2 saturated heterocycles. The van der Waals surface area contributed by atoms with Crippen molar-refractivity contribution in [3.05, 3.63) is 60.3 Å². The number of carbonyl (C=O) groups is 2. The Morgan fingerprint density at radius 2 is 1.62 bits per heavy atom. The molecule has 1 saturated carbocycles. The fraction of sp³-hybridized carbons (Fsp3) is 0.556. The lowest BCUT2D eigenvalue weighted by atomic mass is 9.68. The van der Waals surface area contributed by atoms with Crippen molar-refractivity contribution in [2.24, 2.45) is 5.92 Å². The van der Waals surface area contributed by atoms with Gasteiger partial charge in [-0.1, -0.05) is 48.1 Å². The van der Waals surface area contributed by atoms with Crippen LogP contribution < -0.4 is 0 Å². The molecule has 3 fully saturated rings. The lowest BCUT2D eigenvalue weighted by Gasteiger charge is -2.42. The van der Waals surface area contributed by atoms with Gasteiger partial charge in [0.1, 0.15) is 23.4 Å². The number of hydrogen-bond acceptors (Lipinski definition) is 7. The van der Waals surface area contributed by atoms with Gasteiger partial charge >= 0.3 is 11.9 Å². The van der Waals surface area contributed by atoms with E-state index in [9.17, 15) is 9.59 Å². The minimum atomic E-state index is -0.416.